The Hall–Kier alpha value is -1.63. The first kappa shape index (κ1) is 20.7. The lowest BCUT2D eigenvalue weighted by molar-refractivity contribution is -0.121. The molecule has 3 nitrogen and oxygen atoms in total. The molecule has 0 saturated heterocycles. The third-order valence-electron chi connectivity index (χ3n) is 4.25. The lowest BCUT2D eigenvalue weighted by Crippen LogP contribution is -2.43. The van der Waals surface area contributed by atoms with Crippen LogP contribution in [0.3, 0.4) is 0 Å². The van der Waals surface area contributed by atoms with E-state index >= 15 is 0 Å². The number of amides is 1. The number of carbonyl (C=O) groups excluding carboxylic acids is 1. The monoisotopic (exact) mass is 398 g/mol. The van der Waals surface area contributed by atoms with Gasteiger partial charge in [0, 0.05) is 17.5 Å². The predicted molar refractivity (Wildman–Crippen MR) is 102 cm³/mol. The zero-order chi connectivity index (χ0) is 17.8. The molecule has 0 bridgehead atoms. The number of halogens is 3. The molecule has 0 radical (unpaired) electrons. The minimum absolute atomic E-state index is 0. The zero-order valence-corrected chi connectivity index (χ0v) is 15.7. The van der Waals surface area contributed by atoms with Crippen molar-refractivity contribution in [3.05, 3.63) is 65.7 Å². The average molecular weight is 399 g/mol. The van der Waals surface area contributed by atoms with Gasteiger partial charge in [-0.3, -0.25) is 4.79 Å². The normalized spacial score (nSPS) is 15.7. The fourth-order valence-corrected chi connectivity index (χ4v) is 3.80. The lowest BCUT2D eigenvalue weighted by Gasteiger charge is -2.22. The Kier molecular flexibility index (Phi) is 7.43. The van der Waals surface area contributed by atoms with E-state index in [-0.39, 0.29) is 29.3 Å². The molecule has 2 aromatic carbocycles. The zero-order valence-electron chi connectivity index (χ0n) is 14.0. The van der Waals surface area contributed by atoms with Gasteiger partial charge in [-0.25, -0.2) is 8.78 Å². The van der Waals surface area contributed by atoms with Crippen LogP contribution in [0.15, 0.2) is 53.4 Å². The Morgan fingerprint density at radius 2 is 1.88 bits per heavy atom. The summed E-state index contributed by atoms with van der Waals surface area (Å²) >= 11 is 1.01. The van der Waals surface area contributed by atoms with Gasteiger partial charge in [0.25, 0.3) is 0 Å². The molecule has 26 heavy (non-hydrogen) atoms. The standard InChI is InChI=1S/C19H20F2N2OS.ClH/c20-14-8-9-15(21)17(10-14)25-18(13-4-2-1-3-5-13)19(24)23-16(11-22)12-6-7-12;/h1-5,8-10,12,16,18H,6-7,11,22H2,(H,23,24);1H. The Balaban J connectivity index is 0.00000243. The number of carbonyl (C=O) groups is 1. The van der Waals surface area contributed by atoms with Crippen molar-refractivity contribution in [2.24, 2.45) is 11.7 Å². The van der Waals surface area contributed by atoms with Gasteiger partial charge in [-0.15, -0.1) is 24.2 Å². The maximum absolute atomic E-state index is 14.0. The molecule has 0 heterocycles. The first-order valence-corrected chi connectivity index (χ1v) is 9.13. The van der Waals surface area contributed by atoms with Gasteiger partial charge < -0.3 is 11.1 Å². The second-order valence-electron chi connectivity index (χ2n) is 6.17. The van der Waals surface area contributed by atoms with Crippen molar-refractivity contribution in [2.75, 3.05) is 6.54 Å². The number of hydrogen-bond donors (Lipinski definition) is 2. The van der Waals surface area contributed by atoms with Crippen LogP contribution in [-0.2, 0) is 4.79 Å². The van der Waals surface area contributed by atoms with Crippen LogP contribution in [0.4, 0.5) is 8.78 Å². The molecule has 140 valence electrons. The molecule has 2 aromatic rings. The molecule has 1 aliphatic rings. The number of rotatable bonds is 7. The largest absolute Gasteiger partial charge is 0.351 e. The van der Waals surface area contributed by atoms with E-state index in [2.05, 4.69) is 5.32 Å². The minimum Gasteiger partial charge on any atom is -0.351 e. The summed E-state index contributed by atoms with van der Waals surface area (Å²) in [6, 6.07) is 12.3. The third kappa shape index (κ3) is 5.19. The molecule has 2 atom stereocenters. The van der Waals surface area contributed by atoms with E-state index in [0.29, 0.717) is 12.5 Å². The van der Waals surface area contributed by atoms with Crippen LogP contribution < -0.4 is 11.1 Å². The highest BCUT2D eigenvalue weighted by Crippen LogP contribution is 2.38. The van der Waals surface area contributed by atoms with Crippen molar-refractivity contribution in [2.45, 2.75) is 29.0 Å². The van der Waals surface area contributed by atoms with E-state index in [1.807, 2.05) is 30.3 Å². The fraction of sp³-hybridized carbons (Fsp3) is 0.316. The maximum atomic E-state index is 14.0. The summed E-state index contributed by atoms with van der Waals surface area (Å²) in [6.45, 7) is 0.372. The van der Waals surface area contributed by atoms with Crippen molar-refractivity contribution >= 4 is 30.1 Å². The third-order valence-corrected chi connectivity index (χ3v) is 5.54. The highest BCUT2D eigenvalue weighted by molar-refractivity contribution is 8.00. The van der Waals surface area contributed by atoms with Crippen molar-refractivity contribution < 1.29 is 13.6 Å². The summed E-state index contributed by atoms with van der Waals surface area (Å²) in [5.41, 5.74) is 6.50. The molecule has 0 aromatic heterocycles. The molecule has 1 aliphatic carbocycles. The summed E-state index contributed by atoms with van der Waals surface area (Å²) < 4.78 is 27.5. The molecular weight excluding hydrogens is 378 g/mol. The lowest BCUT2D eigenvalue weighted by atomic mass is 10.1. The molecule has 1 amide bonds. The number of nitrogens with one attached hydrogen (secondary N) is 1. The molecular formula is C19H21ClF2N2OS. The maximum Gasteiger partial charge on any atom is 0.238 e. The van der Waals surface area contributed by atoms with Crippen LogP contribution in [0.2, 0.25) is 0 Å². The van der Waals surface area contributed by atoms with E-state index < -0.39 is 16.9 Å². The molecule has 2 unspecified atom stereocenters. The van der Waals surface area contributed by atoms with Crippen LogP contribution in [0.5, 0.6) is 0 Å². The molecule has 0 spiro atoms. The van der Waals surface area contributed by atoms with Crippen molar-refractivity contribution in [1.29, 1.82) is 0 Å². The van der Waals surface area contributed by atoms with Gasteiger partial charge >= 0.3 is 0 Å². The first-order chi connectivity index (χ1) is 12.1. The van der Waals surface area contributed by atoms with E-state index in [1.165, 1.54) is 0 Å². The summed E-state index contributed by atoms with van der Waals surface area (Å²) in [7, 11) is 0. The first-order valence-electron chi connectivity index (χ1n) is 8.25. The molecule has 7 heteroatoms. The van der Waals surface area contributed by atoms with Crippen molar-refractivity contribution in [1.82, 2.24) is 5.32 Å². The summed E-state index contributed by atoms with van der Waals surface area (Å²) in [6.07, 6.45) is 2.12. The van der Waals surface area contributed by atoms with Gasteiger partial charge in [0.15, 0.2) is 0 Å². The van der Waals surface area contributed by atoms with Gasteiger partial charge in [0.2, 0.25) is 5.91 Å². The smallest absolute Gasteiger partial charge is 0.238 e. The quantitative estimate of drug-likeness (QED) is 0.691. The molecule has 1 fully saturated rings. The van der Waals surface area contributed by atoms with Crippen molar-refractivity contribution in [3.63, 3.8) is 0 Å². The summed E-state index contributed by atoms with van der Waals surface area (Å²) in [5.74, 6) is -0.893. The van der Waals surface area contributed by atoms with E-state index in [9.17, 15) is 13.6 Å². The Bertz CT molecular complexity index is 744. The Morgan fingerprint density at radius 1 is 1.19 bits per heavy atom. The number of benzene rings is 2. The average Bonchev–Trinajstić information content (AvgIpc) is 3.46. The number of nitrogens with two attached hydrogens (primary N) is 1. The SMILES string of the molecule is Cl.NCC(NC(=O)C(Sc1cc(F)ccc1F)c1ccccc1)C1CC1. The van der Waals surface area contributed by atoms with Gasteiger partial charge in [-0.05, 0) is 42.5 Å². The molecule has 3 rings (SSSR count). The highest BCUT2D eigenvalue weighted by Gasteiger charge is 2.33. The van der Waals surface area contributed by atoms with Crippen LogP contribution in [0.25, 0.3) is 0 Å². The minimum atomic E-state index is -0.676. The van der Waals surface area contributed by atoms with Crippen LogP contribution >= 0.6 is 24.2 Å². The Morgan fingerprint density at radius 3 is 2.50 bits per heavy atom. The summed E-state index contributed by atoms with van der Waals surface area (Å²) in [4.78, 5) is 13.0. The second kappa shape index (κ2) is 9.35. The topological polar surface area (TPSA) is 55.1 Å². The van der Waals surface area contributed by atoms with Crippen LogP contribution in [-0.4, -0.2) is 18.5 Å². The molecule has 3 N–H and O–H groups in total. The second-order valence-corrected chi connectivity index (χ2v) is 7.32. The van der Waals surface area contributed by atoms with E-state index in [4.69, 9.17) is 5.73 Å². The van der Waals surface area contributed by atoms with E-state index in [0.717, 1.165) is 48.4 Å². The van der Waals surface area contributed by atoms with Gasteiger partial charge in [-0.2, -0.15) is 0 Å². The van der Waals surface area contributed by atoms with Gasteiger partial charge in [0.1, 0.15) is 16.9 Å². The number of hydrogen-bond acceptors (Lipinski definition) is 3. The molecule has 0 aliphatic heterocycles. The molecule has 1 saturated carbocycles. The predicted octanol–water partition coefficient (Wildman–Crippen LogP) is 4.07. The fourth-order valence-electron chi connectivity index (χ4n) is 2.72. The van der Waals surface area contributed by atoms with Gasteiger partial charge in [-0.1, -0.05) is 30.3 Å². The number of thioether (sulfide) groups is 1. The summed E-state index contributed by atoms with van der Waals surface area (Å²) in [5, 5.41) is 2.30. The van der Waals surface area contributed by atoms with Crippen molar-refractivity contribution in [3.8, 4) is 0 Å². The van der Waals surface area contributed by atoms with Crippen LogP contribution in [0.1, 0.15) is 23.7 Å². The highest BCUT2D eigenvalue weighted by atomic mass is 35.5. The van der Waals surface area contributed by atoms with Gasteiger partial charge in [0.05, 0.1) is 0 Å². The van der Waals surface area contributed by atoms with Crippen LogP contribution in [0, 0.1) is 17.6 Å². The Labute approximate surface area is 162 Å². The van der Waals surface area contributed by atoms with E-state index in [1.54, 1.807) is 0 Å².